The average Bonchev–Trinajstić information content (AvgIpc) is 3.09. The number of benzene rings is 2. The number of fused-ring (bicyclic) bond motifs is 1. The highest BCUT2D eigenvalue weighted by Gasteiger charge is 2.59. The molecular weight excluding hydrogens is 335 g/mol. The van der Waals surface area contributed by atoms with Crippen molar-refractivity contribution >= 4 is 44.8 Å². The van der Waals surface area contributed by atoms with Gasteiger partial charge in [-0.15, -0.1) is 11.3 Å². The molecule has 1 aromatic heterocycles. The Kier molecular flexibility index (Phi) is 3.16. The molecule has 4 rings (SSSR count). The molecule has 2 nitrogen and oxygen atoms in total. The summed E-state index contributed by atoms with van der Waals surface area (Å²) >= 11 is 13.9. The number of hydrogen-bond acceptors (Lipinski definition) is 3. The van der Waals surface area contributed by atoms with E-state index in [-0.39, 0.29) is 5.92 Å². The number of nitrogens with zero attached hydrogens (tertiary/aromatic N) is 2. The van der Waals surface area contributed by atoms with Gasteiger partial charge in [0.1, 0.15) is 10.4 Å². The summed E-state index contributed by atoms with van der Waals surface area (Å²) in [5.41, 5.74) is 1.37. The first-order chi connectivity index (χ1) is 10.6. The normalized spacial score (nSPS) is 23.4. The second-order valence-electron chi connectivity index (χ2n) is 5.49. The van der Waals surface area contributed by atoms with Gasteiger partial charge in [-0.2, -0.15) is 5.26 Å². The third-order valence-corrected chi connectivity index (χ3v) is 5.95. The van der Waals surface area contributed by atoms with Crippen molar-refractivity contribution in [2.24, 2.45) is 0 Å². The molecule has 0 saturated heterocycles. The minimum absolute atomic E-state index is 0.0860. The Morgan fingerprint density at radius 2 is 2.05 bits per heavy atom. The van der Waals surface area contributed by atoms with Crippen LogP contribution in [-0.2, 0) is 5.41 Å². The molecule has 1 aliphatic rings. The molecule has 0 radical (unpaired) electrons. The summed E-state index contributed by atoms with van der Waals surface area (Å²) in [6, 6.07) is 15.9. The second kappa shape index (κ2) is 4.96. The van der Waals surface area contributed by atoms with Crippen LogP contribution in [0.1, 0.15) is 22.9 Å². The van der Waals surface area contributed by atoms with Gasteiger partial charge in [0.05, 0.1) is 16.3 Å². The van der Waals surface area contributed by atoms with Crippen molar-refractivity contribution in [1.29, 1.82) is 5.26 Å². The fraction of sp³-hybridized carbons (Fsp3) is 0.176. The molecule has 22 heavy (non-hydrogen) atoms. The summed E-state index contributed by atoms with van der Waals surface area (Å²) in [7, 11) is 0. The van der Waals surface area contributed by atoms with E-state index >= 15 is 0 Å². The summed E-state index contributed by atoms with van der Waals surface area (Å²) in [5, 5.41) is 11.9. The molecule has 2 atom stereocenters. The number of halogens is 2. The van der Waals surface area contributed by atoms with Gasteiger partial charge in [-0.3, -0.25) is 0 Å². The number of aromatic nitrogens is 1. The van der Waals surface area contributed by atoms with Crippen molar-refractivity contribution in [3.63, 3.8) is 0 Å². The average molecular weight is 345 g/mol. The van der Waals surface area contributed by atoms with Crippen LogP contribution in [-0.4, -0.2) is 4.98 Å². The SMILES string of the molecule is N#C[C@@]1(c2nc3ccccc3s2)C[C@H]1c1ccc(Cl)cc1Cl. The van der Waals surface area contributed by atoms with E-state index in [2.05, 4.69) is 11.1 Å². The van der Waals surface area contributed by atoms with Crippen LogP contribution < -0.4 is 0 Å². The second-order valence-corrected chi connectivity index (χ2v) is 7.37. The molecule has 108 valence electrons. The lowest BCUT2D eigenvalue weighted by molar-refractivity contribution is 0.846. The first-order valence-electron chi connectivity index (χ1n) is 6.86. The Hall–Kier alpha value is -1.60. The molecule has 5 heteroatoms. The molecule has 1 saturated carbocycles. The minimum Gasteiger partial charge on any atom is -0.239 e. The molecular formula is C17H10Cl2N2S. The van der Waals surface area contributed by atoms with E-state index in [1.807, 2.05) is 36.4 Å². The summed E-state index contributed by atoms with van der Waals surface area (Å²) < 4.78 is 1.11. The van der Waals surface area contributed by atoms with Gasteiger partial charge in [0.25, 0.3) is 0 Å². The highest BCUT2D eigenvalue weighted by molar-refractivity contribution is 7.18. The Labute approximate surface area is 141 Å². The largest absolute Gasteiger partial charge is 0.239 e. The maximum atomic E-state index is 9.76. The van der Waals surface area contributed by atoms with E-state index in [0.717, 1.165) is 27.2 Å². The van der Waals surface area contributed by atoms with E-state index in [0.29, 0.717) is 10.0 Å². The van der Waals surface area contributed by atoms with E-state index in [1.165, 1.54) is 0 Å². The lowest BCUT2D eigenvalue weighted by Gasteiger charge is -2.07. The number of rotatable bonds is 2. The lowest BCUT2D eigenvalue weighted by atomic mass is 10.0. The predicted octanol–water partition coefficient (Wildman–Crippen LogP) is 5.55. The van der Waals surface area contributed by atoms with E-state index in [9.17, 15) is 5.26 Å². The smallest absolute Gasteiger partial charge is 0.116 e. The highest BCUT2D eigenvalue weighted by atomic mass is 35.5. The Morgan fingerprint density at radius 1 is 1.23 bits per heavy atom. The van der Waals surface area contributed by atoms with Gasteiger partial charge < -0.3 is 0 Å². The summed E-state index contributed by atoms with van der Waals surface area (Å²) in [6.07, 6.45) is 0.755. The lowest BCUT2D eigenvalue weighted by Crippen LogP contribution is -2.06. The van der Waals surface area contributed by atoms with Gasteiger partial charge in [0.15, 0.2) is 0 Å². The molecule has 2 aromatic carbocycles. The van der Waals surface area contributed by atoms with Crippen molar-refractivity contribution in [3.8, 4) is 6.07 Å². The zero-order chi connectivity index (χ0) is 15.3. The van der Waals surface area contributed by atoms with Crippen LogP contribution in [0.25, 0.3) is 10.2 Å². The Bertz CT molecular complexity index is 895. The van der Waals surface area contributed by atoms with Crippen molar-refractivity contribution in [3.05, 3.63) is 63.1 Å². The quantitative estimate of drug-likeness (QED) is 0.610. The van der Waals surface area contributed by atoms with Crippen LogP contribution in [0.3, 0.4) is 0 Å². The van der Waals surface area contributed by atoms with Crippen LogP contribution in [0.15, 0.2) is 42.5 Å². The van der Waals surface area contributed by atoms with Gasteiger partial charge in [-0.25, -0.2) is 4.98 Å². The molecule has 0 unspecified atom stereocenters. The van der Waals surface area contributed by atoms with Gasteiger partial charge in [-0.1, -0.05) is 41.4 Å². The number of para-hydroxylation sites is 1. The molecule has 3 aromatic rings. The number of nitriles is 1. The molecule has 1 fully saturated rings. The fourth-order valence-corrected chi connectivity index (χ4v) is 4.60. The van der Waals surface area contributed by atoms with Crippen molar-refractivity contribution < 1.29 is 0 Å². The molecule has 1 heterocycles. The monoisotopic (exact) mass is 344 g/mol. The van der Waals surface area contributed by atoms with E-state index in [4.69, 9.17) is 23.2 Å². The van der Waals surface area contributed by atoms with Crippen LogP contribution in [0.4, 0.5) is 0 Å². The zero-order valence-corrected chi connectivity index (χ0v) is 13.7. The van der Waals surface area contributed by atoms with E-state index in [1.54, 1.807) is 17.4 Å². The number of thiazole rings is 1. The third kappa shape index (κ3) is 2.03. The predicted molar refractivity (Wildman–Crippen MR) is 90.7 cm³/mol. The van der Waals surface area contributed by atoms with Crippen LogP contribution in [0.5, 0.6) is 0 Å². The van der Waals surface area contributed by atoms with Gasteiger partial charge in [-0.05, 0) is 36.2 Å². The fourth-order valence-electron chi connectivity index (χ4n) is 2.89. The van der Waals surface area contributed by atoms with Crippen LogP contribution >= 0.6 is 34.5 Å². The van der Waals surface area contributed by atoms with Crippen molar-refractivity contribution in [1.82, 2.24) is 4.98 Å². The molecule has 0 N–H and O–H groups in total. The number of hydrogen-bond donors (Lipinski definition) is 0. The summed E-state index contributed by atoms with van der Waals surface area (Å²) in [5.74, 6) is 0.0860. The standard InChI is InChI=1S/C17H10Cl2N2S/c18-10-5-6-11(13(19)7-10)12-8-17(12,9-20)16-21-14-3-1-2-4-15(14)22-16/h1-7,12H,8H2/t12-,17-/m0/s1. The topological polar surface area (TPSA) is 36.7 Å². The summed E-state index contributed by atoms with van der Waals surface area (Å²) in [4.78, 5) is 4.67. The molecule has 0 bridgehead atoms. The third-order valence-electron chi connectivity index (χ3n) is 4.17. The molecule has 0 amide bonds. The zero-order valence-electron chi connectivity index (χ0n) is 11.4. The molecule has 0 spiro atoms. The first kappa shape index (κ1) is 14.0. The Morgan fingerprint density at radius 3 is 2.77 bits per heavy atom. The highest BCUT2D eigenvalue weighted by Crippen LogP contribution is 2.62. The maximum absolute atomic E-state index is 9.76. The molecule has 1 aliphatic carbocycles. The van der Waals surface area contributed by atoms with Gasteiger partial charge >= 0.3 is 0 Å². The summed E-state index contributed by atoms with van der Waals surface area (Å²) in [6.45, 7) is 0. The van der Waals surface area contributed by atoms with Crippen LogP contribution in [0, 0.1) is 11.3 Å². The first-order valence-corrected chi connectivity index (χ1v) is 8.43. The minimum atomic E-state index is -0.554. The van der Waals surface area contributed by atoms with Crippen molar-refractivity contribution in [2.45, 2.75) is 17.8 Å². The van der Waals surface area contributed by atoms with E-state index < -0.39 is 5.41 Å². The maximum Gasteiger partial charge on any atom is 0.116 e. The Balaban J connectivity index is 1.78. The van der Waals surface area contributed by atoms with Crippen molar-refractivity contribution in [2.75, 3.05) is 0 Å². The molecule has 0 aliphatic heterocycles. The van der Waals surface area contributed by atoms with Gasteiger partial charge in [0, 0.05) is 16.0 Å². The van der Waals surface area contributed by atoms with Gasteiger partial charge in [0.2, 0.25) is 0 Å². The van der Waals surface area contributed by atoms with Crippen LogP contribution in [0.2, 0.25) is 10.0 Å².